The van der Waals surface area contributed by atoms with Gasteiger partial charge in [0, 0.05) is 0 Å². The van der Waals surface area contributed by atoms with E-state index in [0.29, 0.717) is 0 Å². The van der Waals surface area contributed by atoms with E-state index in [1.165, 1.54) is 0 Å². The van der Waals surface area contributed by atoms with Gasteiger partial charge in [-0.1, -0.05) is 0 Å². The zero-order valence-corrected chi connectivity index (χ0v) is 8.15. The maximum absolute atomic E-state index is 9.77. The molecular weight excluding hydrogens is 195 g/mol. The molecule has 0 saturated heterocycles. The molecule has 9 heavy (non-hydrogen) atoms. The molecule has 2 amide bonds. The van der Waals surface area contributed by atoms with Crippen LogP contribution in [-0.2, 0) is 42.3 Å². The monoisotopic (exact) mass is 203 g/mol. The minimum atomic E-state index is -0.625. The van der Waals surface area contributed by atoms with Crippen molar-refractivity contribution in [3.8, 4) is 0 Å². The Labute approximate surface area is 80.5 Å². The van der Waals surface area contributed by atoms with Crippen LogP contribution in [0, 0.1) is 21.3 Å². The Morgan fingerprint density at radius 3 is 1.33 bits per heavy atom. The van der Waals surface area contributed by atoms with Crippen molar-refractivity contribution in [2.24, 2.45) is 0 Å². The van der Waals surface area contributed by atoms with Crippen LogP contribution in [0.1, 0.15) is 0 Å². The molecule has 4 heteroatoms. The van der Waals surface area contributed by atoms with Crippen LogP contribution in [0.5, 0.6) is 0 Å². The molecule has 0 aliphatic rings. The Kier molecular flexibility index (Phi) is 14.2. The zero-order valence-electron chi connectivity index (χ0n) is 5.31. The Balaban J connectivity index is -0.000000180. The predicted molar refractivity (Wildman–Crippen MR) is 30.3 cm³/mol. The first-order valence-electron chi connectivity index (χ1n) is 1.62. The number of carbonyl (C=O) groups is 2. The van der Waals surface area contributed by atoms with Gasteiger partial charge >= 0.3 is 32.7 Å². The number of hydrogen-bond donors (Lipinski definition) is 1. The van der Waals surface area contributed by atoms with Gasteiger partial charge < -0.3 is 36.2 Å². The molecule has 0 bridgehead atoms. The molecule has 0 aliphatic heterocycles. The average Bonchev–Trinajstić information content (AvgIpc) is 1.27. The number of amides is 2. The summed E-state index contributed by atoms with van der Waals surface area (Å²) in [6.45, 7) is 5.74. The first-order chi connectivity index (χ1) is 3.13. The summed E-state index contributed by atoms with van der Waals surface area (Å²) in [5.74, 6) is -1.25. The van der Waals surface area contributed by atoms with Gasteiger partial charge in [0.05, 0.1) is 11.8 Å². The summed E-state index contributed by atoms with van der Waals surface area (Å²) in [5.41, 5.74) is 0. The van der Waals surface area contributed by atoms with Gasteiger partial charge in [0.2, 0.25) is 0 Å². The average molecular weight is 203 g/mol. The van der Waals surface area contributed by atoms with E-state index in [4.69, 9.17) is 0 Å². The smallest absolute Gasteiger partial charge is 0.358 e. The fourth-order valence-corrected chi connectivity index (χ4v) is 0.156. The summed E-state index contributed by atoms with van der Waals surface area (Å²) in [4.78, 5) is 19.5. The SMILES string of the molecule is [CH2-]C(=O)NC([CH2-])=O.[CH3-].[Y+3]. The fraction of sp³-hybridized carbons (Fsp3) is 0. The summed E-state index contributed by atoms with van der Waals surface area (Å²) >= 11 is 0. The van der Waals surface area contributed by atoms with Crippen LogP contribution in [0.3, 0.4) is 0 Å². The van der Waals surface area contributed by atoms with Crippen molar-refractivity contribution in [2.45, 2.75) is 0 Å². The summed E-state index contributed by atoms with van der Waals surface area (Å²) < 4.78 is 0. The summed E-state index contributed by atoms with van der Waals surface area (Å²) in [5, 5.41) is 1.81. The van der Waals surface area contributed by atoms with Crippen LogP contribution in [0.15, 0.2) is 0 Å². The Hall–Kier alpha value is -0.0161. The molecule has 0 atom stereocenters. The third-order valence-electron chi connectivity index (χ3n) is 0.279. The van der Waals surface area contributed by atoms with E-state index in [2.05, 4.69) is 13.8 Å². The van der Waals surface area contributed by atoms with Gasteiger partial charge in [-0.15, -0.1) is 0 Å². The summed E-state index contributed by atoms with van der Waals surface area (Å²) in [6, 6.07) is 0. The molecule has 0 unspecified atom stereocenters. The van der Waals surface area contributed by atoms with E-state index in [1.54, 1.807) is 5.32 Å². The third kappa shape index (κ3) is 18.0. The standard InChI is InChI=1S/C4H5NO2.CH3.Y/c1-3(6)5-4(2)7;;/h1-2H2,(H,5,6,7);1H3;/q-2;-1;+3. The van der Waals surface area contributed by atoms with Crippen LogP contribution < -0.4 is 5.32 Å². The van der Waals surface area contributed by atoms with E-state index in [9.17, 15) is 9.59 Å². The van der Waals surface area contributed by atoms with E-state index >= 15 is 0 Å². The van der Waals surface area contributed by atoms with Gasteiger partial charge in [-0.05, 0) is 0 Å². The van der Waals surface area contributed by atoms with Gasteiger partial charge in [-0.25, -0.2) is 0 Å². The zero-order chi connectivity index (χ0) is 5.86. The second kappa shape index (κ2) is 7.98. The molecule has 0 rings (SSSR count). The van der Waals surface area contributed by atoms with Crippen molar-refractivity contribution < 1.29 is 42.3 Å². The first kappa shape index (κ1) is 16.0. The molecule has 0 aromatic heterocycles. The van der Waals surface area contributed by atoms with E-state index in [-0.39, 0.29) is 40.1 Å². The minimum absolute atomic E-state index is 0. The van der Waals surface area contributed by atoms with Crippen molar-refractivity contribution in [1.29, 1.82) is 0 Å². The van der Waals surface area contributed by atoms with E-state index in [0.717, 1.165) is 0 Å². The number of rotatable bonds is 0. The Morgan fingerprint density at radius 1 is 1.11 bits per heavy atom. The molecule has 1 N–H and O–H groups in total. The molecule has 0 aliphatic carbocycles. The van der Waals surface area contributed by atoms with Crippen molar-refractivity contribution >= 4 is 11.8 Å². The van der Waals surface area contributed by atoms with Crippen molar-refractivity contribution in [1.82, 2.24) is 5.32 Å². The molecule has 0 aromatic rings. The van der Waals surface area contributed by atoms with E-state index in [1.807, 2.05) is 0 Å². The Bertz CT molecular complexity index is 91.1. The number of hydrogen-bond acceptors (Lipinski definition) is 2. The van der Waals surface area contributed by atoms with Gasteiger partial charge in [0.15, 0.2) is 0 Å². The van der Waals surface area contributed by atoms with Crippen LogP contribution in [0.25, 0.3) is 0 Å². The van der Waals surface area contributed by atoms with Gasteiger partial charge in [0.25, 0.3) is 0 Å². The maximum Gasteiger partial charge on any atom is 3.00 e. The maximum atomic E-state index is 9.77. The van der Waals surface area contributed by atoms with Crippen molar-refractivity contribution in [3.63, 3.8) is 0 Å². The molecule has 0 fully saturated rings. The Morgan fingerprint density at radius 2 is 1.33 bits per heavy atom. The van der Waals surface area contributed by atoms with Crippen LogP contribution in [-0.4, -0.2) is 11.8 Å². The van der Waals surface area contributed by atoms with Crippen molar-refractivity contribution in [3.05, 3.63) is 21.3 Å². The molecule has 0 spiro atoms. The molecular formula is C5H8NO2Y. The topological polar surface area (TPSA) is 46.2 Å². The molecule has 48 valence electrons. The molecule has 0 saturated carbocycles. The second-order valence-corrected chi connectivity index (χ2v) is 0.971. The largest absolute Gasteiger partial charge is 3.00 e. The molecule has 3 nitrogen and oxygen atoms in total. The predicted octanol–water partition coefficient (Wildman–Crippen LogP) is -0.255. The van der Waals surface area contributed by atoms with Gasteiger partial charge in [0.1, 0.15) is 0 Å². The first-order valence-corrected chi connectivity index (χ1v) is 1.62. The molecule has 0 radical (unpaired) electrons. The third-order valence-corrected chi connectivity index (χ3v) is 0.279. The fourth-order valence-electron chi connectivity index (χ4n) is 0.156. The number of carbonyl (C=O) groups excluding carboxylic acids is 2. The number of nitrogens with one attached hydrogen (secondary N) is 1. The van der Waals surface area contributed by atoms with Gasteiger partial charge in [-0.2, -0.15) is 0 Å². The van der Waals surface area contributed by atoms with Crippen LogP contribution in [0.2, 0.25) is 0 Å². The van der Waals surface area contributed by atoms with Gasteiger partial charge in [-0.3, -0.25) is 0 Å². The van der Waals surface area contributed by atoms with Crippen LogP contribution in [0.4, 0.5) is 0 Å². The summed E-state index contributed by atoms with van der Waals surface area (Å²) in [7, 11) is 0. The molecule has 0 aromatic carbocycles. The van der Waals surface area contributed by atoms with Crippen LogP contribution >= 0.6 is 0 Å². The quantitative estimate of drug-likeness (QED) is 0.551. The number of imide groups is 1. The minimum Gasteiger partial charge on any atom is -0.358 e. The normalized spacial score (nSPS) is 5.78. The second-order valence-electron chi connectivity index (χ2n) is 0.971. The summed E-state index contributed by atoms with van der Waals surface area (Å²) in [6.07, 6.45) is 0. The molecule has 0 heterocycles. The van der Waals surface area contributed by atoms with Crippen molar-refractivity contribution in [2.75, 3.05) is 0 Å². The van der Waals surface area contributed by atoms with E-state index < -0.39 is 11.8 Å².